The van der Waals surface area contributed by atoms with Crippen LogP contribution in [0.1, 0.15) is 10.4 Å². The number of esters is 1. The van der Waals surface area contributed by atoms with Gasteiger partial charge in [0.15, 0.2) is 0 Å². The van der Waals surface area contributed by atoms with Gasteiger partial charge in [-0.25, -0.2) is 27.1 Å². The maximum Gasteiger partial charge on any atom is 0.344 e. The van der Waals surface area contributed by atoms with E-state index in [1.165, 1.54) is 24.3 Å². The van der Waals surface area contributed by atoms with Crippen LogP contribution in [0.5, 0.6) is 5.75 Å². The van der Waals surface area contributed by atoms with Crippen molar-refractivity contribution in [1.29, 1.82) is 0 Å². The standard InChI is InChI=1S/C15H13F2NO5S/c16-12-2-1-3-13(17)14(12)15(19)23-9-8-22-10-4-6-11(7-5-10)24(18,20)21/h1-7H,8-9H2,(H2,18,20,21). The van der Waals surface area contributed by atoms with E-state index in [-0.39, 0.29) is 18.1 Å². The second-order valence-electron chi connectivity index (χ2n) is 4.60. The van der Waals surface area contributed by atoms with E-state index in [1.807, 2.05) is 0 Å². The lowest BCUT2D eigenvalue weighted by atomic mass is 10.2. The Morgan fingerprint density at radius 2 is 1.58 bits per heavy atom. The van der Waals surface area contributed by atoms with Gasteiger partial charge in [0.05, 0.1) is 4.90 Å². The average molecular weight is 357 g/mol. The summed E-state index contributed by atoms with van der Waals surface area (Å²) in [7, 11) is -3.79. The summed E-state index contributed by atoms with van der Waals surface area (Å²) < 4.78 is 58.9. The van der Waals surface area contributed by atoms with Gasteiger partial charge in [-0.15, -0.1) is 0 Å². The number of benzene rings is 2. The van der Waals surface area contributed by atoms with Crippen molar-refractivity contribution in [2.24, 2.45) is 5.14 Å². The molecule has 0 saturated heterocycles. The van der Waals surface area contributed by atoms with Crippen LogP contribution in [0.4, 0.5) is 8.78 Å². The molecule has 0 aliphatic rings. The minimum absolute atomic E-state index is 0.0729. The Balaban J connectivity index is 1.86. The van der Waals surface area contributed by atoms with Crippen molar-refractivity contribution < 1.29 is 31.5 Å². The lowest BCUT2D eigenvalue weighted by Crippen LogP contribution is -2.15. The number of carbonyl (C=O) groups is 1. The first-order valence-electron chi connectivity index (χ1n) is 6.66. The molecule has 2 aromatic carbocycles. The molecule has 24 heavy (non-hydrogen) atoms. The first-order valence-corrected chi connectivity index (χ1v) is 8.20. The number of primary sulfonamides is 1. The maximum absolute atomic E-state index is 13.4. The molecule has 0 aromatic heterocycles. The molecule has 0 heterocycles. The van der Waals surface area contributed by atoms with Crippen molar-refractivity contribution in [3.05, 3.63) is 59.7 Å². The molecule has 2 N–H and O–H groups in total. The summed E-state index contributed by atoms with van der Waals surface area (Å²) in [6.07, 6.45) is 0. The molecule has 0 amide bonds. The molecule has 0 unspecified atom stereocenters. The van der Waals surface area contributed by atoms with E-state index in [0.717, 1.165) is 18.2 Å². The molecule has 0 fully saturated rings. The van der Waals surface area contributed by atoms with Gasteiger partial charge in [0.25, 0.3) is 0 Å². The predicted molar refractivity (Wildman–Crippen MR) is 80.0 cm³/mol. The highest BCUT2D eigenvalue weighted by Crippen LogP contribution is 2.15. The van der Waals surface area contributed by atoms with Crippen LogP contribution in [-0.2, 0) is 14.8 Å². The molecule has 0 spiro atoms. The highest BCUT2D eigenvalue weighted by molar-refractivity contribution is 7.89. The lowest BCUT2D eigenvalue weighted by molar-refractivity contribution is 0.0439. The van der Waals surface area contributed by atoms with E-state index >= 15 is 0 Å². The molecule has 0 radical (unpaired) electrons. The van der Waals surface area contributed by atoms with Gasteiger partial charge in [-0.1, -0.05) is 6.07 Å². The van der Waals surface area contributed by atoms with Crippen LogP contribution in [0.2, 0.25) is 0 Å². The molecule has 0 bridgehead atoms. The molecular weight excluding hydrogens is 344 g/mol. The minimum atomic E-state index is -3.79. The summed E-state index contributed by atoms with van der Waals surface area (Å²) in [5.74, 6) is -2.85. The zero-order valence-electron chi connectivity index (χ0n) is 12.2. The number of rotatable bonds is 6. The predicted octanol–water partition coefficient (Wildman–Crippen LogP) is 1.85. The van der Waals surface area contributed by atoms with Crippen LogP contribution in [0, 0.1) is 11.6 Å². The van der Waals surface area contributed by atoms with Crippen molar-refractivity contribution in [3.8, 4) is 5.75 Å². The van der Waals surface area contributed by atoms with E-state index in [2.05, 4.69) is 0 Å². The largest absolute Gasteiger partial charge is 0.490 e. The highest BCUT2D eigenvalue weighted by Gasteiger charge is 2.18. The zero-order valence-corrected chi connectivity index (χ0v) is 13.1. The fourth-order valence-corrected chi connectivity index (χ4v) is 2.30. The monoisotopic (exact) mass is 357 g/mol. The molecule has 6 nitrogen and oxygen atoms in total. The van der Waals surface area contributed by atoms with Gasteiger partial charge in [-0.2, -0.15) is 0 Å². The Bertz CT molecular complexity index is 817. The number of nitrogens with two attached hydrogens (primary N) is 1. The van der Waals surface area contributed by atoms with Crippen molar-refractivity contribution in [2.45, 2.75) is 4.90 Å². The fourth-order valence-electron chi connectivity index (χ4n) is 1.78. The Labute approximate surface area is 136 Å². The van der Waals surface area contributed by atoms with Crippen LogP contribution < -0.4 is 9.88 Å². The molecule has 9 heteroatoms. The SMILES string of the molecule is NS(=O)(=O)c1ccc(OCCOC(=O)c2c(F)cccc2F)cc1. The summed E-state index contributed by atoms with van der Waals surface area (Å²) in [6.45, 7) is -0.333. The average Bonchev–Trinajstić information content (AvgIpc) is 2.51. The van der Waals surface area contributed by atoms with Gasteiger partial charge in [-0.05, 0) is 36.4 Å². The Morgan fingerprint density at radius 3 is 2.12 bits per heavy atom. The molecule has 2 aromatic rings. The first-order chi connectivity index (χ1) is 11.3. The normalized spacial score (nSPS) is 11.1. The molecular formula is C15H13F2NO5S. The molecule has 128 valence electrons. The summed E-state index contributed by atoms with van der Waals surface area (Å²) in [5, 5.41) is 4.95. The van der Waals surface area contributed by atoms with E-state index < -0.39 is 33.2 Å². The zero-order chi connectivity index (χ0) is 17.7. The third-order valence-electron chi connectivity index (χ3n) is 2.90. The van der Waals surface area contributed by atoms with Gasteiger partial charge < -0.3 is 9.47 Å². The molecule has 0 saturated carbocycles. The van der Waals surface area contributed by atoms with Crippen LogP contribution in [0.25, 0.3) is 0 Å². The summed E-state index contributed by atoms with van der Waals surface area (Å²) in [4.78, 5) is 11.5. The number of carbonyl (C=O) groups excluding carboxylic acids is 1. The van der Waals surface area contributed by atoms with Crippen molar-refractivity contribution in [2.75, 3.05) is 13.2 Å². The molecule has 0 aliphatic heterocycles. The third-order valence-corrected chi connectivity index (χ3v) is 3.83. The number of hydrogen-bond acceptors (Lipinski definition) is 5. The maximum atomic E-state index is 13.4. The van der Waals surface area contributed by atoms with Crippen LogP contribution in [0.3, 0.4) is 0 Å². The quantitative estimate of drug-likeness (QED) is 0.629. The van der Waals surface area contributed by atoms with E-state index in [1.54, 1.807) is 0 Å². The summed E-state index contributed by atoms with van der Waals surface area (Å²) >= 11 is 0. The van der Waals surface area contributed by atoms with E-state index in [0.29, 0.717) is 5.75 Å². The van der Waals surface area contributed by atoms with Gasteiger partial charge in [0, 0.05) is 0 Å². The summed E-state index contributed by atoms with van der Waals surface area (Å²) in [6, 6.07) is 8.29. The number of hydrogen-bond donors (Lipinski definition) is 1. The van der Waals surface area contributed by atoms with Gasteiger partial charge >= 0.3 is 5.97 Å². The Morgan fingerprint density at radius 1 is 1.00 bits per heavy atom. The van der Waals surface area contributed by atoms with Crippen molar-refractivity contribution in [3.63, 3.8) is 0 Å². The van der Waals surface area contributed by atoms with E-state index in [4.69, 9.17) is 14.6 Å². The summed E-state index contributed by atoms with van der Waals surface area (Å²) in [5.41, 5.74) is -0.769. The smallest absolute Gasteiger partial charge is 0.344 e. The highest BCUT2D eigenvalue weighted by atomic mass is 32.2. The minimum Gasteiger partial charge on any atom is -0.490 e. The number of sulfonamides is 1. The first kappa shape index (κ1) is 17.8. The van der Waals surface area contributed by atoms with Crippen LogP contribution in [0.15, 0.2) is 47.4 Å². The molecule has 2 rings (SSSR count). The topological polar surface area (TPSA) is 95.7 Å². The van der Waals surface area contributed by atoms with E-state index in [9.17, 15) is 22.0 Å². The Kier molecular flexibility index (Phi) is 5.47. The van der Waals surface area contributed by atoms with Crippen LogP contribution >= 0.6 is 0 Å². The molecule has 0 aliphatic carbocycles. The second kappa shape index (κ2) is 7.37. The van der Waals surface area contributed by atoms with Crippen molar-refractivity contribution in [1.82, 2.24) is 0 Å². The van der Waals surface area contributed by atoms with Gasteiger partial charge in [0.2, 0.25) is 10.0 Å². The number of ether oxygens (including phenoxy) is 2. The lowest BCUT2D eigenvalue weighted by Gasteiger charge is -2.08. The fraction of sp³-hybridized carbons (Fsp3) is 0.133. The Hall–Kier alpha value is -2.52. The van der Waals surface area contributed by atoms with Crippen molar-refractivity contribution >= 4 is 16.0 Å². The third kappa shape index (κ3) is 4.49. The van der Waals surface area contributed by atoms with Crippen LogP contribution in [-0.4, -0.2) is 27.6 Å². The second-order valence-corrected chi connectivity index (χ2v) is 6.16. The van der Waals surface area contributed by atoms with Gasteiger partial charge in [0.1, 0.15) is 36.2 Å². The van der Waals surface area contributed by atoms with Gasteiger partial charge in [-0.3, -0.25) is 0 Å². The number of halogens is 2. The molecule has 0 atom stereocenters.